The van der Waals surface area contributed by atoms with Gasteiger partial charge in [-0.3, -0.25) is 9.00 Å². The number of hydrogen-bond acceptors (Lipinski definition) is 3. The Hall–Kier alpha value is -1.98. The standard InChI is InChI=1S/C17H19NO3S/c1-12-8-10-15(11-9-12)22(21)13(2)17(20,16(18)19)14-6-4-3-5-7-14/h3-11,13,20H,1-2H3,(H2,18,19)/t13-,17+,22?/m1/s1. The van der Waals surface area contributed by atoms with Crippen LogP contribution in [0.15, 0.2) is 59.5 Å². The van der Waals surface area contributed by atoms with Crippen molar-refractivity contribution in [3.8, 4) is 0 Å². The van der Waals surface area contributed by atoms with Crippen LogP contribution in [0.5, 0.6) is 0 Å². The molecule has 2 aromatic rings. The molecule has 2 rings (SSSR count). The minimum Gasteiger partial charge on any atom is -0.374 e. The Morgan fingerprint density at radius 3 is 2.18 bits per heavy atom. The van der Waals surface area contributed by atoms with Gasteiger partial charge in [-0.2, -0.15) is 0 Å². The lowest BCUT2D eigenvalue weighted by Crippen LogP contribution is -2.50. The Kier molecular flexibility index (Phi) is 4.78. The summed E-state index contributed by atoms with van der Waals surface area (Å²) in [4.78, 5) is 12.4. The molecule has 5 heteroatoms. The molecule has 116 valence electrons. The van der Waals surface area contributed by atoms with E-state index in [9.17, 15) is 14.1 Å². The summed E-state index contributed by atoms with van der Waals surface area (Å²) >= 11 is 0. The molecule has 4 nitrogen and oxygen atoms in total. The first-order chi connectivity index (χ1) is 10.4. The molecule has 22 heavy (non-hydrogen) atoms. The number of primary amides is 1. The highest BCUT2D eigenvalue weighted by Crippen LogP contribution is 2.30. The Morgan fingerprint density at radius 1 is 1.14 bits per heavy atom. The zero-order valence-corrected chi connectivity index (χ0v) is 13.3. The highest BCUT2D eigenvalue weighted by atomic mass is 32.2. The van der Waals surface area contributed by atoms with Crippen molar-refractivity contribution < 1.29 is 14.1 Å². The van der Waals surface area contributed by atoms with E-state index in [-0.39, 0.29) is 0 Å². The molecule has 0 bridgehead atoms. The summed E-state index contributed by atoms with van der Waals surface area (Å²) in [5.74, 6) is -0.910. The second kappa shape index (κ2) is 6.42. The Bertz CT molecular complexity index is 685. The van der Waals surface area contributed by atoms with Gasteiger partial charge < -0.3 is 10.8 Å². The summed E-state index contributed by atoms with van der Waals surface area (Å²) in [5, 5.41) is 9.97. The molecule has 0 spiro atoms. The van der Waals surface area contributed by atoms with Crippen LogP contribution in [0.1, 0.15) is 18.1 Å². The summed E-state index contributed by atoms with van der Waals surface area (Å²) in [6, 6.07) is 15.5. The van der Waals surface area contributed by atoms with Crippen molar-refractivity contribution in [3.05, 3.63) is 65.7 Å². The third-order valence-electron chi connectivity index (χ3n) is 3.75. The van der Waals surface area contributed by atoms with E-state index in [1.54, 1.807) is 49.4 Å². The van der Waals surface area contributed by atoms with Crippen LogP contribution in [-0.2, 0) is 21.2 Å². The van der Waals surface area contributed by atoms with E-state index in [0.717, 1.165) is 5.56 Å². The van der Waals surface area contributed by atoms with Gasteiger partial charge in [-0.05, 0) is 31.5 Å². The van der Waals surface area contributed by atoms with Crippen molar-refractivity contribution >= 4 is 16.7 Å². The van der Waals surface area contributed by atoms with Gasteiger partial charge >= 0.3 is 0 Å². The third kappa shape index (κ3) is 2.96. The summed E-state index contributed by atoms with van der Waals surface area (Å²) < 4.78 is 12.7. The van der Waals surface area contributed by atoms with Gasteiger partial charge in [0.2, 0.25) is 0 Å². The highest BCUT2D eigenvalue weighted by Gasteiger charge is 2.45. The molecule has 0 saturated carbocycles. The van der Waals surface area contributed by atoms with Crippen molar-refractivity contribution in [3.63, 3.8) is 0 Å². The lowest BCUT2D eigenvalue weighted by Gasteiger charge is -2.31. The topological polar surface area (TPSA) is 80.4 Å². The number of carbonyl (C=O) groups is 1. The van der Waals surface area contributed by atoms with E-state index in [2.05, 4.69) is 0 Å². The van der Waals surface area contributed by atoms with Gasteiger partial charge in [0.05, 0.1) is 16.0 Å². The Balaban J connectivity index is 2.43. The average Bonchev–Trinajstić information content (AvgIpc) is 2.54. The number of carbonyl (C=O) groups excluding carboxylic acids is 1. The first kappa shape index (κ1) is 16.4. The van der Waals surface area contributed by atoms with E-state index in [4.69, 9.17) is 5.73 Å². The summed E-state index contributed by atoms with van der Waals surface area (Å²) in [6.07, 6.45) is 0. The number of aliphatic hydroxyl groups is 1. The Morgan fingerprint density at radius 2 is 1.68 bits per heavy atom. The van der Waals surface area contributed by atoms with Crippen molar-refractivity contribution in [2.24, 2.45) is 5.73 Å². The van der Waals surface area contributed by atoms with Gasteiger partial charge in [-0.1, -0.05) is 48.0 Å². The summed E-state index contributed by atoms with van der Waals surface area (Å²) in [5.41, 5.74) is 4.82. The second-order valence-electron chi connectivity index (χ2n) is 5.25. The molecule has 0 fully saturated rings. The van der Waals surface area contributed by atoms with Gasteiger partial charge in [-0.15, -0.1) is 0 Å². The van der Waals surface area contributed by atoms with E-state index >= 15 is 0 Å². The van der Waals surface area contributed by atoms with Gasteiger partial charge in [0.25, 0.3) is 5.91 Å². The molecular formula is C17H19NO3S. The van der Waals surface area contributed by atoms with E-state index in [1.165, 1.54) is 0 Å². The maximum atomic E-state index is 12.7. The number of rotatable bonds is 5. The monoisotopic (exact) mass is 317 g/mol. The van der Waals surface area contributed by atoms with Gasteiger partial charge in [0, 0.05) is 4.90 Å². The Labute approximate surface area is 132 Å². The van der Waals surface area contributed by atoms with Crippen molar-refractivity contribution in [1.82, 2.24) is 0 Å². The molecule has 3 atom stereocenters. The maximum Gasteiger partial charge on any atom is 0.255 e. The number of benzene rings is 2. The normalized spacial score (nSPS) is 16.5. The molecule has 0 aliphatic carbocycles. The van der Waals surface area contributed by atoms with Gasteiger partial charge in [0.1, 0.15) is 0 Å². The summed E-state index contributed by atoms with van der Waals surface area (Å²) in [6.45, 7) is 3.49. The molecule has 1 unspecified atom stereocenters. The van der Waals surface area contributed by atoms with E-state index in [0.29, 0.717) is 10.5 Å². The predicted octanol–water partition coefficient (Wildman–Crippen LogP) is 1.86. The van der Waals surface area contributed by atoms with Gasteiger partial charge in [-0.25, -0.2) is 0 Å². The fourth-order valence-electron chi connectivity index (χ4n) is 2.30. The first-order valence-corrected chi connectivity index (χ1v) is 8.13. The highest BCUT2D eigenvalue weighted by molar-refractivity contribution is 7.85. The fraction of sp³-hybridized carbons (Fsp3) is 0.235. The fourth-order valence-corrected chi connectivity index (χ4v) is 3.68. The lowest BCUT2D eigenvalue weighted by atomic mass is 9.90. The smallest absolute Gasteiger partial charge is 0.255 e. The maximum absolute atomic E-state index is 12.7. The van der Waals surface area contributed by atoms with Crippen LogP contribution in [0.3, 0.4) is 0 Å². The minimum atomic E-state index is -1.99. The number of amides is 1. The molecule has 0 aliphatic rings. The molecule has 0 heterocycles. The molecule has 1 amide bonds. The van der Waals surface area contributed by atoms with Crippen LogP contribution in [0, 0.1) is 6.92 Å². The van der Waals surface area contributed by atoms with Crippen LogP contribution in [0.25, 0.3) is 0 Å². The van der Waals surface area contributed by atoms with Crippen molar-refractivity contribution in [2.45, 2.75) is 29.6 Å². The molecule has 2 aromatic carbocycles. The lowest BCUT2D eigenvalue weighted by molar-refractivity contribution is -0.137. The van der Waals surface area contributed by atoms with Crippen molar-refractivity contribution in [2.75, 3.05) is 0 Å². The van der Waals surface area contributed by atoms with Crippen molar-refractivity contribution in [1.29, 1.82) is 0 Å². The molecule has 0 saturated heterocycles. The quantitative estimate of drug-likeness (QED) is 0.883. The van der Waals surface area contributed by atoms with Crippen LogP contribution in [0.4, 0.5) is 0 Å². The number of nitrogens with two attached hydrogens (primary N) is 1. The molecular weight excluding hydrogens is 298 g/mol. The second-order valence-corrected chi connectivity index (χ2v) is 7.02. The molecule has 0 radical (unpaired) electrons. The number of aryl methyl sites for hydroxylation is 1. The van der Waals surface area contributed by atoms with Crippen LogP contribution in [0.2, 0.25) is 0 Å². The number of hydrogen-bond donors (Lipinski definition) is 2. The minimum absolute atomic E-state index is 0.343. The van der Waals surface area contributed by atoms with E-state index in [1.807, 2.05) is 19.1 Å². The zero-order chi connectivity index (χ0) is 16.3. The first-order valence-electron chi connectivity index (χ1n) is 6.92. The molecule has 3 N–H and O–H groups in total. The van der Waals surface area contributed by atoms with Gasteiger partial charge in [0.15, 0.2) is 5.60 Å². The largest absolute Gasteiger partial charge is 0.374 e. The van der Waals surface area contributed by atoms with Crippen LogP contribution in [-0.4, -0.2) is 20.5 Å². The SMILES string of the molecule is Cc1ccc(S(=O)[C@H](C)[C@@](O)(C(N)=O)c2ccccc2)cc1. The van der Waals surface area contributed by atoms with Crippen LogP contribution < -0.4 is 5.73 Å². The summed E-state index contributed by atoms with van der Waals surface area (Å²) in [7, 11) is -1.58. The predicted molar refractivity (Wildman–Crippen MR) is 86.6 cm³/mol. The molecule has 0 aromatic heterocycles. The third-order valence-corrected chi connectivity index (χ3v) is 5.47. The zero-order valence-electron chi connectivity index (χ0n) is 12.5. The average molecular weight is 317 g/mol. The molecule has 0 aliphatic heterocycles. The van der Waals surface area contributed by atoms with Crippen LogP contribution >= 0.6 is 0 Å². The van der Waals surface area contributed by atoms with E-state index < -0.39 is 27.6 Å².